The van der Waals surface area contributed by atoms with Crippen LogP contribution in [0.5, 0.6) is 5.75 Å². The molecule has 3 rings (SSSR count). The highest BCUT2D eigenvalue weighted by Gasteiger charge is 2.18. The van der Waals surface area contributed by atoms with E-state index in [1.165, 1.54) is 5.56 Å². The van der Waals surface area contributed by atoms with Crippen LogP contribution in [0.15, 0.2) is 30.7 Å². The number of hydrogen-bond acceptors (Lipinski definition) is 4. The summed E-state index contributed by atoms with van der Waals surface area (Å²) in [4.78, 5) is 10.8. The van der Waals surface area contributed by atoms with Gasteiger partial charge in [-0.25, -0.2) is 4.98 Å². The number of methoxy groups -OCH3 is 1. The summed E-state index contributed by atoms with van der Waals surface area (Å²) in [6, 6.07) is 4.16. The molecule has 0 saturated heterocycles. The fraction of sp³-hybridized carbons (Fsp3) is 0.286. The number of anilines is 1. The molecule has 2 aromatic rings. The maximum Gasteiger partial charge on any atom is 0.145 e. The van der Waals surface area contributed by atoms with Crippen LogP contribution >= 0.6 is 0 Å². The van der Waals surface area contributed by atoms with Gasteiger partial charge < -0.3 is 9.64 Å². The van der Waals surface area contributed by atoms with Crippen LogP contribution in [0.4, 0.5) is 5.82 Å². The lowest BCUT2D eigenvalue weighted by Crippen LogP contribution is -2.13. The Morgan fingerprint density at radius 3 is 3.06 bits per heavy atom. The number of pyridine rings is 2. The van der Waals surface area contributed by atoms with E-state index in [0.717, 1.165) is 35.7 Å². The molecule has 1 aliphatic heterocycles. The first-order chi connectivity index (χ1) is 8.79. The fourth-order valence-electron chi connectivity index (χ4n) is 2.35. The molecule has 0 radical (unpaired) electrons. The molecule has 0 aromatic carbocycles. The third kappa shape index (κ3) is 1.70. The van der Waals surface area contributed by atoms with Crippen molar-refractivity contribution in [2.75, 3.05) is 25.6 Å². The summed E-state index contributed by atoms with van der Waals surface area (Å²) >= 11 is 0. The third-order valence-electron chi connectivity index (χ3n) is 3.34. The Labute approximate surface area is 106 Å². The molecule has 1 aliphatic rings. The van der Waals surface area contributed by atoms with Crippen LogP contribution in [-0.4, -0.2) is 30.7 Å². The Kier molecular flexibility index (Phi) is 2.63. The molecule has 92 valence electrons. The summed E-state index contributed by atoms with van der Waals surface area (Å²) in [6.07, 6.45) is 6.46. The maximum absolute atomic E-state index is 5.34. The second-order valence-corrected chi connectivity index (χ2v) is 4.45. The average Bonchev–Trinajstić information content (AvgIpc) is 2.80. The van der Waals surface area contributed by atoms with E-state index in [1.54, 1.807) is 19.5 Å². The summed E-state index contributed by atoms with van der Waals surface area (Å²) in [7, 11) is 3.74. The summed E-state index contributed by atoms with van der Waals surface area (Å²) < 4.78 is 5.34. The number of rotatable bonds is 2. The summed E-state index contributed by atoms with van der Waals surface area (Å²) in [5, 5.41) is 0. The maximum atomic E-state index is 5.34. The van der Waals surface area contributed by atoms with Crippen LogP contribution in [0.3, 0.4) is 0 Å². The van der Waals surface area contributed by atoms with Gasteiger partial charge in [-0.15, -0.1) is 0 Å². The molecule has 0 fully saturated rings. The Balaban J connectivity index is 2.08. The molecule has 2 aromatic heterocycles. The van der Waals surface area contributed by atoms with E-state index >= 15 is 0 Å². The van der Waals surface area contributed by atoms with Gasteiger partial charge in [0.25, 0.3) is 0 Å². The lowest BCUT2D eigenvalue weighted by atomic mass is 10.1. The van der Waals surface area contributed by atoms with Crippen LogP contribution in [0.2, 0.25) is 0 Å². The normalized spacial score (nSPS) is 13.6. The summed E-state index contributed by atoms with van der Waals surface area (Å²) in [5.74, 6) is 1.87. The Morgan fingerprint density at radius 1 is 1.33 bits per heavy atom. The highest BCUT2D eigenvalue weighted by molar-refractivity contribution is 5.71. The minimum absolute atomic E-state index is 0.783. The van der Waals surface area contributed by atoms with Gasteiger partial charge in [0.2, 0.25) is 0 Å². The van der Waals surface area contributed by atoms with Gasteiger partial charge in [0.05, 0.1) is 13.3 Å². The quantitative estimate of drug-likeness (QED) is 0.807. The number of fused-ring (bicyclic) bond motifs is 1. The average molecular weight is 241 g/mol. The number of aromatic nitrogens is 2. The van der Waals surface area contributed by atoms with Crippen molar-refractivity contribution in [3.05, 3.63) is 36.3 Å². The minimum atomic E-state index is 0.783. The molecule has 0 atom stereocenters. The second kappa shape index (κ2) is 4.29. The molecule has 0 aliphatic carbocycles. The largest absolute Gasteiger partial charge is 0.494 e. The van der Waals surface area contributed by atoms with Crippen molar-refractivity contribution in [1.29, 1.82) is 0 Å². The van der Waals surface area contributed by atoms with Gasteiger partial charge in [-0.05, 0) is 24.1 Å². The number of ether oxygens (including phenoxy) is 1. The Bertz CT molecular complexity index is 583. The first-order valence-corrected chi connectivity index (χ1v) is 5.98. The smallest absolute Gasteiger partial charge is 0.145 e. The Morgan fingerprint density at radius 2 is 2.22 bits per heavy atom. The third-order valence-corrected chi connectivity index (χ3v) is 3.34. The van der Waals surface area contributed by atoms with Gasteiger partial charge in [0.1, 0.15) is 11.6 Å². The van der Waals surface area contributed by atoms with E-state index < -0.39 is 0 Å². The van der Waals surface area contributed by atoms with Crippen molar-refractivity contribution in [3.8, 4) is 16.9 Å². The number of likely N-dealkylation sites (N-methyl/N-ethyl adjacent to an activating group) is 1. The molecule has 4 nitrogen and oxygen atoms in total. The zero-order valence-electron chi connectivity index (χ0n) is 10.6. The van der Waals surface area contributed by atoms with Gasteiger partial charge in [-0.1, -0.05) is 0 Å². The monoisotopic (exact) mass is 241 g/mol. The van der Waals surface area contributed by atoms with Gasteiger partial charge in [0.15, 0.2) is 0 Å². The van der Waals surface area contributed by atoms with E-state index in [2.05, 4.69) is 28.0 Å². The van der Waals surface area contributed by atoms with Crippen molar-refractivity contribution in [2.24, 2.45) is 0 Å². The number of hydrogen-bond donors (Lipinski definition) is 0. The lowest BCUT2D eigenvalue weighted by molar-refractivity contribution is 0.414. The van der Waals surface area contributed by atoms with Crippen molar-refractivity contribution in [2.45, 2.75) is 6.42 Å². The topological polar surface area (TPSA) is 38.3 Å². The molecule has 0 N–H and O–H groups in total. The zero-order valence-corrected chi connectivity index (χ0v) is 10.6. The summed E-state index contributed by atoms with van der Waals surface area (Å²) in [6.45, 7) is 1.04. The predicted molar refractivity (Wildman–Crippen MR) is 71.0 cm³/mol. The van der Waals surface area contributed by atoms with Crippen LogP contribution in [0.25, 0.3) is 11.1 Å². The molecular weight excluding hydrogens is 226 g/mol. The van der Waals surface area contributed by atoms with E-state index in [-0.39, 0.29) is 0 Å². The van der Waals surface area contributed by atoms with Gasteiger partial charge in [-0.2, -0.15) is 0 Å². The van der Waals surface area contributed by atoms with Gasteiger partial charge in [0, 0.05) is 37.1 Å². The molecule has 3 heterocycles. The van der Waals surface area contributed by atoms with E-state index in [4.69, 9.17) is 4.74 Å². The van der Waals surface area contributed by atoms with Crippen LogP contribution in [-0.2, 0) is 6.42 Å². The van der Waals surface area contributed by atoms with Gasteiger partial charge >= 0.3 is 0 Å². The minimum Gasteiger partial charge on any atom is -0.494 e. The molecule has 0 amide bonds. The SMILES string of the molecule is COc1cnccc1-c1cnc2c(c1)CCN2C. The van der Waals surface area contributed by atoms with Crippen molar-refractivity contribution < 1.29 is 4.74 Å². The zero-order chi connectivity index (χ0) is 12.5. The fourth-order valence-corrected chi connectivity index (χ4v) is 2.35. The molecule has 4 heteroatoms. The highest BCUT2D eigenvalue weighted by atomic mass is 16.5. The first-order valence-electron chi connectivity index (χ1n) is 5.98. The van der Waals surface area contributed by atoms with Crippen molar-refractivity contribution in [1.82, 2.24) is 9.97 Å². The van der Waals surface area contributed by atoms with E-state index in [1.807, 2.05) is 12.3 Å². The Hall–Kier alpha value is -2.10. The lowest BCUT2D eigenvalue weighted by Gasteiger charge is -2.12. The van der Waals surface area contributed by atoms with Crippen LogP contribution in [0.1, 0.15) is 5.56 Å². The standard InChI is InChI=1S/C14H15N3O/c1-17-6-4-10-7-11(8-16-14(10)17)12-3-5-15-9-13(12)18-2/h3,5,7-9H,4,6H2,1-2H3. The molecule has 18 heavy (non-hydrogen) atoms. The van der Waals surface area contributed by atoms with Crippen molar-refractivity contribution >= 4 is 5.82 Å². The van der Waals surface area contributed by atoms with Crippen LogP contribution in [0, 0.1) is 0 Å². The van der Waals surface area contributed by atoms with E-state index in [0.29, 0.717) is 0 Å². The second-order valence-electron chi connectivity index (χ2n) is 4.45. The molecule has 0 unspecified atom stereocenters. The van der Waals surface area contributed by atoms with Crippen molar-refractivity contribution in [3.63, 3.8) is 0 Å². The van der Waals surface area contributed by atoms with Crippen LogP contribution < -0.4 is 9.64 Å². The van der Waals surface area contributed by atoms with Gasteiger partial charge in [-0.3, -0.25) is 4.98 Å². The molecule has 0 bridgehead atoms. The first kappa shape index (κ1) is 11.0. The molecule has 0 saturated carbocycles. The predicted octanol–water partition coefficient (Wildman–Crippen LogP) is 2.14. The summed E-state index contributed by atoms with van der Waals surface area (Å²) in [5.41, 5.74) is 3.43. The van der Waals surface area contributed by atoms with E-state index in [9.17, 15) is 0 Å². The molecule has 0 spiro atoms. The molecular formula is C14H15N3O. The number of nitrogens with zero attached hydrogens (tertiary/aromatic N) is 3. The highest BCUT2D eigenvalue weighted by Crippen LogP contribution is 2.32.